The first-order valence-corrected chi connectivity index (χ1v) is 20.0. The molecule has 2 aromatic rings. The van der Waals surface area contributed by atoms with E-state index in [0.717, 1.165) is 4.90 Å². The lowest BCUT2D eigenvalue weighted by atomic mass is 10.0. The molecule has 1 fully saturated rings. The first kappa shape index (κ1) is 50.2. The molecule has 1 saturated heterocycles. The molecule has 25 heteroatoms. The van der Waals surface area contributed by atoms with Gasteiger partial charge in [0, 0.05) is 44.2 Å². The SMILES string of the molecule is NCC(=O)NCC(=O)N[C@@H](Cc1cnc[nH]1)C(=O)N[C@@H](CO)C(=O)N1CCC[C@H]1C(=O)N[C@@H](Cc1ccccc1)C(=O)N[C@@H](CCCN=C(N)N)C(=O)N[C@@H](CCC(N)=O)C(=O)O. The number of H-pyrrole nitrogens is 1. The van der Waals surface area contributed by atoms with Crippen molar-refractivity contribution in [2.24, 2.45) is 27.9 Å². The second-order valence-corrected chi connectivity index (χ2v) is 14.5. The third kappa shape index (κ3) is 17.0. The van der Waals surface area contributed by atoms with Gasteiger partial charge >= 0.3 is 5.97 Å². The van der Waals surface area contributed by atoms with E-state index in [1.54, 1.807) is 30.3 Å². The Kier molecular flexibility index (Phi) is 20.4. The fraction of sp³-hybridized carbons (Fsp3) is 0.500. The molecule has 1 aliphatic heterocycles. The molecule has 0 spiro atoms. The van der Waals surface area contributed by atoms with Crippen LogP contribution < -0.4 is 54.8 Å². The standard InChI is InChI=1S/C38H56N14O11/c39-16-30(55)45-18-31(56)47-26(15-22-17-43-20-46-22)34(59)51-27(19-53)36(61)52-13-5-9-28(52)35(60)50-25(14-21-6-2-1-3-7-21)33(58)48-23(8-4-12-44-38(41)42)32(57)49-24(37(62)63)10-11-29(40)54/h1-3,6-7,17,20,23-28,53H,4-5,8-16,18-19,39H2,(H2,40,54)(H,43,46)(H,45,55)(H,47,56)(H,48,58)(H,49,57)(H,50,60)(H,51,59)(H,62,63)(H4,41,42,44)/t23-,24-,25-,26-,27-,28-/m0/s1. The zero-order valence-corrected chi connectivity index (χ0v) is 34.4. The molecule has 25 nitrogen and oxygen atoms in total. The highest BCUT2D eigenvalue weighted by atomic mass is 16.4. The largest absolute Gasteiger partial charge is 0.480 e. The molecule has 0 unspecified atom stereocenters. The molecule has 0 aliphatic carbocycles. The van der Waals surface area contributed by atoms with E-state index < -0.39 is 103 Å². The number of benzene rings is 1. The average molecular weight is 885 g/mol. The van der Waals surface area contributed by atoms with E-state index in [4.69, 9.17) is 22.9 Å². The number of aliphatic hydroxyl groups excluding tert-OH is 1. The molecular formula is C38H56N14O11. The predicted molar refractivity (Wildman–Crippen MR) is 222 cm³/mol. The number of imidazole rings is 1. The van der Waals surface area contributed by atoms with Crippen LogP contribution in [0.15, 0.2) is 47.8 Å². The van der Waals surface area contributed by atoms with Crippen molar-refractivity contribution in [1.82, 2.24) is 46.8 Å². The molecule has 8 amide bonds. The highest BCUT2D eigenvalue weighted by Gasteiger charge is 2.40. The molecule has 0 bridgehead atoms. The van der Waals surface area contributed by atoms with Crippen LogP contribution in [0.1, 0.15) is 49.8 Å². The Morgan fingerprint density at radius 1 is 0.825 bits per heavy atom. The summed E-state index contributed by atoms with van der Waals surface area (Å²) in [5, 5.41) is 34.7. The summed E-state index contributed by atoms with van der Waals surface area (Å²) < 4.78 is 0. The number of primary amides is 1. The molecular weight excluding hydrogens is 829 g/mol. The number of hydrogen-bond acceptors (Lipinski definition) is 13. The molecule has 3 rings (SSSR count). The second-order valence-electron chi connectivity index (χ2n) is 14.5. The summed E-state index contributed by atoms with van der Waals surface area (Å²) in [6.45, 7) is -1.69. The average Bonchev–Trinajstić information content (AvgIpc) is 3.97. The monoisotopic (exact) mass is 884 g/mol. The second kappa shape index (κ2) is 25.6. The smallest absolute Gasteiger partial charge is 0.326 e. The van der Waals surface area contributed by atoms with E-state index >= 15 is 0 Å². The minimum atomic E-state index is -1.58. The van der Waals surface area contributed by atoms with Crippen LogP contribution in [-0.4, -0.2) is 153 Å². The normalized spacial score (nSPS) is 15.6. The number of aliphatic imine (C=N–C) groups is 1. The lowest BCUT2D eigenvalue weighted by molar-refractivity contribution is -0.143. The van der Waals surface area contributed by atoms with Gasteiger partial charge < -0.3 is 74.9 Å². The molecule has 0 saturated carbocycles. The molecule has 2 heterocycles. The third-order valence-corrected chi connectivity index (χ3v) is 9.69. The van der Waals surface area contributed by atoms with E-state index in [-0.39, 0.29) is 70.5 Å². The van der Waals surface area contributed by atoms with Crippen molar-refractivity contribution < 1.29 is 53.4 Å². The lowest BCUT2D eigenvalue weighted by Crippen LogP contribution is -2.60. The van der Waals surface area contributed by atoms with E-state index in [1.165, 1.54) is 12.5 Å². The molecule has 344 valence electrons. The number of carbonyl (C=O) groups excluding carboxylic acids is 8. The van der Waals surface area contributed by atoms with Gasteiger partial charge in [-0.05, 0) is 37.7 Å². The van der Waals surface area contributed by atoms with Gasteiger partial charge in [-0.1, -0.05) is 30.3 Å². The number of nitrogens with one attached hydrogen (secondary N) is 7. The zero-order valence-electron chi connectivity index (χ0n) is 34.4. The number of carboxylic acids is 1. The number of amides is 8. The Labute approximate surface area is 361 Å². The number of hydrogen-bond donors (Lipinski definition) is 13. The highest BCUT2D eigenvalue weighted by Crippen LogP contribution is 2.20. The van der Waals surface area contributed by atoms with Gasteiger partial charge in [0.2, 0.25) is 47.3 Å². The topological polar surface area (TPSA) is 415 Å². The lowest BCUT2D eigenvalue weighted by Gasteiger charge is -2.30. The van der Waals surface area contributed by atoms with Crippen LogP contribution in [0.5, 0.6) is 0 Å². The molecule has 1 aromatic heterocycles. The Hall–Kier alpha value is -7.15. The number of carboxylic acid groups (broad SMARTS) is 1. The Balaban J connectivity index is 1.82. The summed E-state index contributed by atoms with van der Waals surface area (Å²) in [6, 6.07) is 0.201. The number of likely N-dealkylation sites (tertiary alicyclic amines) is 1. The first-order valence-electron chi connectivity index (χ1n) is 20.0. The van der Waals surface area contributed by atoms with Crippen LogP contribution >= 0.6 is 0 Å². The fourth-order valence-corrected chi connectivity index (χ4v) is 6.47. The molecule has 17 N–H and O–H groups in total. The Bertz CT molecular complexity index is 1930. The van der Waals surface area contributed by atoms with Crippen molar-refractivity contribution in [2.45, 2.75) is 87.6 Å². The number of aromatic nitrogens is 2. The first-order chi connectivity index (χ1) is 30.0. The van der Waals surface area contributed by atoms with Crippen LogP contribution in [0.2, 0.25) is 0 Å². The number of carbonyl (C=O) groups is 9. The van der Waals surface area contributed by atoms with Gasteiger partial charge in [0.25, 0.3) is 0 Å². The van der Waals surface area contributed by atoms with Crippen molar-refractivity contribution >= 4 is 59.2 Å². The maximum absolute atomic E-state index is 14.0. The van der Waals surface area contributed by atoms with Crippen molar-refractivity contribution in [1.29, 1.82) is 0 Å². The van der Waals surface area contributed by atoms with Gasteiger partial charge in [-0.25, -0.2) is 9.78 Å². The van der Waals surface area contributed by atoms with Crippen LogP contribution in [0.25, 0.3) is 0 Å². The van der Waals surface area contributed by atoms with Crippen LogP contribution in [0.3, 0.4) is 0 Å². The number of guanidine groups is 1. The van der Waals surface area contributed by atoms with Gasteiger partial charge in [0.1, 0.15) is 36.3 Å². The summed E-state index contributed by atoms with van der Waals surface area (Å²) in [7, 11) is 0. The van der Waals surface area contributed by atoms with Gasteiger partial charge in [0.05, 0.1) is 26.0 Å². The van der Waals surface area contributed by atoms with E-state index in [1.807, 2.05) is 0 Å². The van der Waals surface area contributed by atoms with E-state index in [0.29, 0.717) is 17.7 Å². The van der Waals surface area contributed by atoms with Gasteiger partial charge in [-0.3, -0.25) is 43.3 Å². The van der Waals surface area contributed by atoms with Crippen molar-refractivity contribution in [3.05, 3.63) is 54.1 Å². The molecule has 6 atom stereocenters. The van der Waals surface area contributed by atoms with Gasteiger partial charge in [0.15, 0.2) is 5.96 Å². The highest BCUT2D eigenvalue weighted by molar-refractivity contribution is 5.97. The summed E-state index contributed by atoms with van der Waals surface area (Å²) in [5.41, 5.74) is 22.3. The summed E-state index contributed by atoms with van der Waals surface area (Å²) in [6.07, 6.45) is 2.39. The maximum atomic E-state index is 14.0. The molecule has 0 radical (unpaired) electrons. The van der Waals surface area contributed by atoms with Crippen LogP contribution in [0, 0.1) is 0 Å². The fourth-order valence-electron chi connectivity index (χ4n) is 6.47. The molecule has 1 aliphatic rings. The van der Waals surface area contributed by atoms with Crippen molar-refractivity contribution in [3.8, 4) is 0 Å². The summed E-state index contributed by atoms with van der Waals surface area (Å²) in [4.78, 5) is 128. The van der Waals surface area contributed by atoms with Crippen molar-refractivity contribution in [3.63, 3.8) is 0 Å². The Morgan fingerprint density at radius 2 is 1.48 bits per heavy atom. The zero-order chi connectivity index (χ0) is 46.5. The number of aliphatic carboxylic acids is 1. The van der Waals surface area contributed by atoms with Crippen LogP contribution in [-0.2, 0) is 56.0 Å². The molecule has 1 aromatic carbocycles. The van der Waals surface area contributed by atoms with E-state index in [2.05, 4.69) is 46.9 Å². The van der Waals surface area contributed by atoms with Gasteiger partial charge in [-0.2, -0.15) is 0 Å². The quantitative estimate of drug-likeness (QED) is 0.0238. The predicted octanol–water partition coefficient (Wildman–Crippen LogP) is -5.92. The number of nitrogens with two attached hydrogens (primary N) is 4. The minimum Gasteiger partial charge on any atom is -0.480 e. The third-order valence-electron chi connectivity index (χ3n) is 9.69. The number of aliphatic hydroxyl groups is 1. The number of rotatable bonds is 26. The Morgan fingerprint density at radius 3 is 2.08 bits per heavy atom. The summed E-state index contributed by atoms with van der Waals surface area (Å²) >= 11 is 0. The van der Waals surface area contributed by atoms with Crippen LogP contribution in [0.4, 0.5) is 0 Å². The number of aromatic amines is 1. The summed E-state index contributed by atoms with van der Waals surface area (Å²) in [5.74, 6) is -8.08. The van der Waals surface area contributed by atoms with Gasteiger partial charge in [-0.15, -0.1) is 0 Å². The maximum Gasteiger partial charge on any atom is 0.326 e. The van der Waals surface area contributed by atoms with Crippen molar-refractivity contribution in [2.75, 3.05) is 32.8 Å². The number of nitrogens with zero attached hydrogens (tertiary/aromatic N) is 3. The molecule has 63 heavy (non-hydrogen) atoms. The van der Waals surface area contributed by atoms with E-state index in [9.17, 15) is 53.4 Å². The minimum absolute atomic E-state index is 0.0343.